The van der Waals surface area contributed by atoms with E-state index in [2.05, 4.69) is 21.8 Å². The number of aromatic nitrogens is 2. The number of rotatable bonds is 3. The number of carboxylic acid groups (broad SMARTS) is 1. The molecule has 0 amide bonds. The van der Waals surface area contributed by atoms with Crippen LogP contribution in [0.25, 0.3) is 0 Å². The first-order valence-corrected chi connectivity index (χ1v) is 6.01. The number of hydrogen-bond acceptors (Lipinski definition) is 4. The summed E-state index contributed by atoms with van der Waals surface area (Å²) in [6.45, 7) is 4.20. The van der Waals surface area contributed by atoms with E-state index >= 15 is 0 Å². The van der Waals surface area contributed by atoms with Crippen LogP contribution in [-0.2, 0) is 0 Å². The van der Waals surface area contributed by atoms with Gasteiger partial charge in [-0.15, -0.1) is 0 Å². The van der Waals surface area contributed by atoms with E-state index in [1.165, 1.54) is 25.5 Å². The van der Waals surface area contributed by atoms with Crippen LogP contribution in [0.15, 0.2) is 12.4 Å². The Hall–Kier alpha value is -1.65. The van der Waals surface area contributed by atoms with Crippen molar-refractivity contribution in [3.8, 4) is 0 Å². The summed E-state index contributed by atoms with van der Waals surface area (Å²) in [6, 6.07) is 0. The van der Waals surface area contributed by atoms with Crippen molar-refractivity contribution in [2.75, 3.05) is 18.0 Å². The molecule has 2 rings (SSSR count). The van der Waals surface area contributed by atoms with Gasteiger partial charge in [-0.05, 0) is 18.8 Å². The van der Waals surface area contributed by atoms with Gasteiger partial charge in [-0.3, -0.25) is 0 Å². The zero-order valence-corrected chi connectivity index (χ0v) is 9.96. The largest absolute Gasteiger partial charge is 0.476 e. The molecule has 0 bridgehead atoms. The van der Waals surface area contributed by atoms with Crippen LogP contribution < -0.4 is 4.90 Å². The van der Waals surface area contributed by atoms with Crippen molar-refractivity contribution in [1.82, 2.24) is 9.97 Å². The van der Waals surface area contributed by atoms with Crippen molar-refractivity contribution >= 4 is 11.8 Å². The van der Waals surface area contributed by atoms with Gasteiger partial charge < -0.3 is 10.0 Å². The first-order valence-electron chi connectivity index (χ1n) is 6.01. The fourth-order valence-corrected chi connectivity index (χ4v) is 2.17. The molecular weight excluding hydrogens is 218 g/mol. The molecule has 0 spiro atoms. The van der Waals surface area contributed by atoms with Crippen molar-refractivity contribution in [3.05, 3.63) is 18.1 Å². The quantitative estimate of drug-likeness (QED) is 0.865. The molecule has 17 heavy (non-hydrogen) atoms. The van der Waals surface area contributed by atoms with E-state index in [1.54, 1.807) is 6.20 Å². The molecule has 1 aliphatic heterocycles. The Balaban J connectivity index is 2.01. The third-order valence-corrected chi connectivity index (χ3v) is 3.37. The highest BCUT2D eigenvalue weighted by Gasteiger charge is 2.19. The van der Waals surface area contributed by atoms with E-state index in [-0.39, 0.29) is 5.69 Å². The van der Waals surface area contributed by atoms with E-state index in [4.69, 9.17) is 5.11 Å². The highest BCUT2D eigenvalue weighted by atomic mass is 16.4. The van der Waals surface area contributed by atoms with Gasteiger partial charge in [-0.1, -0.05) is 13.3 Å². The molecule has 0 unspecified atom stereocenters. The van der Waals surface area contributed by atoms with E-state index in [0.29, 0.717) is 0 Å². The van der Waals surface area contributed by atoms with Gasteiger partial charge in [0.15, 0.2) is 5.69 Å². The van der Waals surface area contributed by atoms with Crippen molar-refractivity contribution < 1.29 is 9.90 Å². The summed E-state index contributed by atoms with van der Waals surface area (Å²) >= 11 is 0. The molecule has 1 aliphatic rings. The molecule has 0 aliphatic carbocycles. The predicted molar refractivity (Wildman–Crippen MR) is 64.2 cm³/mol. The van der Waals surface area contributed by atoms with Gasteiger partial charge in [0.25, 0.3) is 0 Å². The van der Waals surface area contributed by atoms with Gasteiger partial charge in [0.1, 0.15) is 5.82 Å². The van der Waals surface area contributed by atoms with Crippen molar-refractivity contribution in [2.24, 2.45) is 5.92 Å². The van der Waals surface area contributed by atoms with E-state index < -0.39 is 5.97 Å². The van der Waals surface area contributed by atoms with Crippen molar-refractivity contribution in [2.45, 2.75) is 26.2 Å². The zero-order valence-electron chi connectivity index (χ0n) is 9.96. The fourth-order valence-electron chi connectivity index (χ4n) is 2.17. The number of anilines is 1. The summed E-state index contributed by atoms with van der Waals surface area (Å²) in [7, 11) is 0. The number of hydrogen-bond donors (Lipinski definition) is 1. The molecule has 1 N–H and O–H groups in total. The Morgan fingerprint density at radius 1 is 1.41 bits per heavy atom. The van der Waals surface area contributed by atoms with Gasteiger partial charge in [0.2, 0.25) is 0 Å². The lowest BCUT2D eigenvalue weighted by molar-refractivity contribution is 0.0690. The SMILES string of the molecule is CCC1CCN(c2cnc(C(=O)O)cn2)CC1. The molecule has 1 aromatic heterocycles. The van der Waals surface area contributed by atoms with Crippen LogP contribution in [0.2, 0.25) is 0 Å². The molecule has 1 fully saturated rings. The Bertz CT molecular complexity index is 383. The van der Waals surface area contributed by atoms with Crippen LogP contribution >= 0.6 is 0 Å². The molecule has 5 nitrogen and oxygen atoms in total. The van der Waals surface area contributed by atoms with Gasteiger partial charge in [0, 0.05) is 13.1 Å². The maximum atomic E-state index is 10.7. The van der Waals surface area contributed by atoms with Crippen molar-refractivity contribution in [3.63, 3.8) is 0 Å². The highest BCUT2D eigenvalue weighted by molar-refractivity contribution is 5.84. The second kappa shape index (κ2) is 5.12. The van der Waals surface area contributed by atoms with Gasteiger partial charge in [-0.25, -0.2) is 14.8 Å². The minimum Gasteiger partial charge on any atom is -0.476 e. The second-order valence-electron chi connectivity index (χ2n) is 4.40. The minimum atomic E-state index is -1.03. The molecular formula is C12H17N3O2. The predicted octanol–water partition coefficient (Wildman–Crippen LogP) is 1.80. The number of carbonyl (C=O) groups is 1. The lowest BCUT2D eigenvalue weighted by Crippen LogP contribution is -2.34. The second-order valence-corrected chi connectivity index (χ2v) is 4.40. The van der Waals surface area contributed by atoms with Crippen LogP contribution in [0.3, 0.4) is 0 Å². The lowest BCUT2D eigenvalue weighted by Gasteiger charge is -2.32. The number of carboxylic acids is 1. The number of piperidine rings is 1. The van der Waals surface area contributed by atoms with Gasteiger partial charge in [0.05, 0.1) is 12.4 Å². The monoisotopic (exact) mass is 235 g/mol. The summed E-state index contributed by atoms with van der Waals surface area (Å²) in [5.41, 5.74) is -0.00260. The summed E-state index contributed by atoms with van der Waals surface area (Å²) in [6.07, 6.45) is 6.47. The highest BCUT2D eigenvalue weighted by Crippen LogP contribution is 2.23. The fraction of sp³-hybridized carbons (Fsp3) is 0.583. The summed E-state index contributed by atoms with van der Waals surface area (Å²) in [4.78, 5) is 20.9. The average molecular weight is 235 g/mol. The standard InChI is InChI=1S/C12H17N3O2/c1-2-9-3-5-15(6-4-9)11-8-13-10(7-14-11)12(16)17/h7-9H,2-6H2,1H3,(H,16,17). The normalized spacial score (nSPS) is 17.1. The summed E-state index contributed by atoms with van der Waals surface area (Å²) in [5, 5.41) is 8.74. The maximum Gasteiger partial charge on any atom is 0.356 e. The van der Waals surface area contributed by atoms with E-state index in [0.717, 1.165) is 24.8 Å². The first-order chi connectivity index (χ1) is 8.20. The molecule has 0 atom stereocenters. The molecule has 5 heteroatoms. The molecule has 1 aromatic rings. The third-order valence-electron chi connectivity index (χ3n) is 3.37. The minimum absolute atomic E-state index is 0.00260. The average Bonchev–Trinajstić information content (AvgIpc) is 2.39. The van der Waals surface area contributed by atoms with Crippen LogP contribution in [-0.4, -0.2) is 34.1 Å². The smallest absolute Gasteiger partial charge is 0.356 e. The molecule has 0 saturated carbocycles. The molecule has 0 radical (unpaired) electrons. The number of nitrogens with zero attached hydrogens (tertiary/aromatic N) is 3. The molecule has 1 saturated heterocycles. The maximum absolute atomic E-state index is 10.7. The Morgan fingerprint density at radius 3 is 2.59 bits per heavy atom. The third kappa shape index (κ3) is 2.72. The van der Waals surface area contributed by atoms with E-state index in [9.17, 15) is 4.79 Å². The Kier molecular flexibility index (Phi) is 3.56. The Labute approximate surface area is 100 Å². The lowest BCUT2D eigenvalue weighted by atomic mass is 9.94. The molecule has 2 heterocycles. The topological polar surface area (TPSA) is 66.3 Å². The summed E-state index contributed by atoms with van der Waals surface area (Å²) < 4.78 is 0. The van der Waals surface area contributed by atoms with Gasteiger partial charge >= 0.3 is 5.97 Å². The zero-order chi connectivity index (χ0) is 12.3. The van der Waals surface area contributed by atoms with Crippen LogP contribution in [0.5, 0.6) is 0 Å². The first kappa shape index (κ1) is 11.8. The van der Waals surface area contributed by atoms with Crippen LogP contribution in [0.1, 0.15) is 36.7 Å². The van der Waals surface area contributed by atoms with Crippen molar-refractivity contribution in [1.29, 1.82) is 0 Å². The Morgan fingerprint density at radius 2 is 2.12 bits per heavy atom. The van der Waals surface area contributed by atoms with Crippen LogP contribution in [0, 0.1) is 5.92 Å². The van der Waals surface area contributed by atoms with Gasteiger partial charge in [-0.2, -0.15) is 0 Å². The summed E-state index contributed by atoms with van der Waals surface area (Å²) in [5.74, 6) is 0.566. The number of aromatic carboxylic acids is 1. The molecule has 0 aromatic carbocycles. The van der Waals surface area contributed by atoms with E-state index in [1.807, 2.05) is 0 Å². The molecule has 92 valence electrons. The van der Waals surface area contributed by atoms with Crippen LogP contribution in [0.4, 0.5) is 5.82 Å².